The monoisotopic (exact) mass is 251 g/mol. The summed E-state index contributed by atoms with van der Waals surface area (Å²) >= 11 is 0. The van der Waals surface area contributed by atoms with Gasteiger partial charge >= 0.3 is 0 Å². The number of hydrogen-bond donors (Lipinski definition) is 1. The van der Waals surface area contributed by atoms with E-state index in [0.717, 1.165) is 0 Å². The molecule has 18 heavy (non-hydrogen) atoms. The third-order valence-electron chi connectivity index (χ3n) is 2.43. The van der Waals surface area contributed by atoms with Gasteiger partial charge in [0.2, 0.25) is 5.91 Å². The van der Waals surface area contributed by atoms with Crippen molar-refractivity contribution in [2.24, 2.45) is 0 Å². The van der Waals surface area contributed by atoms with Crippen LogP contribution in [-0.2, 0) is 9.59 Å². The molecule has 0 bridgehead atoms. The van der Waals surface area contributed by atoms with Gasteiger partial charge in [0.1, 0.15) is 17.3 Å². The van der Waals surface area contributed by atoms with Crippen LogP contribution in [0.5, 0.6) is 11.5 Å². The molecular weight excluding hydrogens is 234 g/mol. The van der Waals surface area contributed by atoms with Gasteiger partial charge in [-0.1, -0.05) is 6.92 Å². The van der Waals surface area contributed by atoms with Crippen LogP contribution in [0.25, 0.3) is 0 Å². The van der Waals surface area contributed by atoms with Crippen molar-refractivity contribution in [2.45, 2.75) is 19.8 Å². The van der Waals surface area contributed by atoms with Gasteiger partial charge in [0.25, 0.3) is 0 Å². The summed E-state index contributed by atoms with van der Waals surface area (Å²) in [6.07, 6.45) is 0.222. The molecule has 0 unspecified atom stereocenters. The van der Waals surface area contributed by atoms with Gasteiger partial charge in [-0.2, -0.15) is 0 Å². The minimum absolute atomic E-state index is 0.102. The molecular formula is C13H17NO4. The van der Waals surface area contributed by atoms with Gasteiger partial charge in [0.15, 0.2) is 0 Å². The van der Waals surface area contributed by atoms with Crippen molar-refractivity contribution in [3.8, 4) is 11.5 Å². The summed E-state index contributed by atoms with van der Waals surface area (Å²) in [6.45, 7) is 1.72. The minimum Gasteiger partial charge on any atom is -0.497 e. The molecule has 1 amide bonds. The summed E-state index contributed by atoms with van der Waals surface area (Å²) in [4.78, 5) is 22.8. The SMILES string of the molecule is CCC(=O)CC(=O)Nc1cc(OC)ccc1OC. The lowest BCUT2D eigenvalue weighted by Crippen LogP contribution is -2.16. The molecule has 5 nitrogen and oxygen atoms in total. The van der Waals surface area contributed by atoms with Crippen LogP contribution in [0.15, 0.2) is 18.2 Å². The van der Waals surface area contributed by atoms with Gasteiger partial charge in [-0.3, -0.25) is 9.59 Å². The number of carbonyl (C=O) groups is 2. The van der Waals surface area contributed by atoms with Gasteiger partial charge in [0, 0.05) is 12.5 Å². The normalized spacial score (nSPS) is 9.72. The molecule has 0 aliphatic heterocycles. The molecule has 0 radical (unpaired) electrons. The topological polar surface area (TPSA) is 64.6 Å². The van der Waals surface area contributed by atoms with E-state index in [1.54, 1.807) is 25.1 Å². The minimum atomic E-state index is -0.353. The lowest BCUT2D eigenvalue weighted by atomic mass is 10.2. The summed E-state index contributed by atoms with van der Waals surface area (Å²) < 4.78 is 10.2. The van der Waals surface area contributed by atoms with Crippen molar-refractivity contribution >= 4 is 17.4 Å². The van der Waals surface area contributed by atoms with Gasteiger partial charge < -0.3 is 14.8 Å². The second kappa shape index (κ2) is 6.64. The Hall–Kier alpha value is -2.04. The lowest BCUT2D eigenvalue weighted by molar-refractivity contribution is -0.125. The predicted octanol–water partition coefficient (Wildman–Crippen LogP) is 2.01. The Morgan fingerprint density at radius 1 is 1.22 bits per heavy atom. The zero-order chi connectivity index (χ0) is 13.5. The van der Waals surface area contributed by atoms with Crippen molar-refractivity contribution in [3.63, 3.8) is 0 Å². The fourth-order valence-electron chi connectivity index (χ4n) is 1.41. The maximum absolute atomic E-state index is 11.6. The number of benzene rings is 1. The molecule has 0 saturated heterocycles. The summed E-state index contributed by atoms with van der Waals surface area (Å²) in [7, 11) is 3.04. The first-order valence-corrected chi connectivity index (χ1v) is 5.64. The molecule has 0 fully saturated rings. The maximum atomic E-state index is 11.6. The Balaban J connectivity index is 2.81. The Morgan fingerprint density at radius 2 is 1.94 bits per heavy atom. The number of amides is 1. The van der Waals surface area contributed by atoms with Crippen molar-refractivity contribution in [1.82, 2.24) is 0 Å². The van der Waals surface area contributed by atoms with E-state index < -0.39 is 0 Å². The van der Waals surface area contributed by atoms with Crippen LogP contribution in [0.3, 0.4) is 0 Å². The Kier molecular flexibility index (Phi) is 5.17. The molecule has 0 heterocycles. The quantitative estimate of drug-likeness (QED) is 0.785. The third kappa shape index (κ3) is 3.76. The fraction of sp³-hybridized carbons (Fsp3) is 0.385. The molecule has 0 aliphatic rings. The number of rotatable bonds is 6. The maximum Gasteiger partial charge on any atom is 0.231 e. The molecule has 5 heteroatoms. The summed E-state index contributed by atoms with van der Waals surface area (Å²) in [5.41, 5.74) is 0.491. The highest BCUT2D eigenvalue weighted by molar-refractivity contribution is 6.04. The molecule has 0 spiro atoms. The van der Waals surface area contributed by atoms with Crippen molar-refractivity contribution < 1.29 is 19.1 Å². The first-order chi connectivity index (χ1) is 8.60. The van der Waals surface area contributed by atoms with E-state index in [1.165, 1.54) is 14.2 Å². The number of ketones is 1. The van der Waals surface area contributed by atoms with Crippen LogP contribution in [-0.4, -0.2) is 25.9 Å². The summed E-state index contributed by atoms with van der Waals surface area (Å²) in [5.74, 6) is 0.670. The van der Waals surface area contributed by atoms with Crippen molar-refractivity contribution in [1.29, 1.82) is 0 Å². The largest absolute Gasteiger partial charge is 0.497 e. The lowest BCUT2D eigenvalue weighted by Gasteiger charge is -2.11. The average molecular weight is 251 g/mol. The number of methoxy groups -OCH3 is 2. The molecule has 1 N–H and O–H groups in total. The van der Waals surface area contributed by atoms with E-state index in [-0.39, 0.29) is 18.1 Å². The molecule has 0 aromatic heterocycles. The molecule has 0 saturated carbocycles. The molecule has 1 aromatic carbocycles. The number of ether oxygens (including phenoxy) is 2. The molecule has 1 rings (SSSR count). The number of Topliss-reactive ketones (excluding diaryl/α,β-unsaturated/α-hetero) is 1. The molecule has 0 aliphatic carbocycles. The number of nitrogens with one attached hydrogen (secondary N) is 1. The second-order valence-electron chi connectivity index (χ2n) is 3.68. The zero-order valence-corrected chi connectivity index (χ0v) is 10.8. The Labute approximate surface area is 106 Å². The number of hydrogen-bond acceptors (Lipinski definition) is 4. The van der Waals surface area contributed by atoms with Gasteiger partial charge in [-0.15, -0.1) is 0 Å². The van der Waals surface area contributed by atoms with Crippen LogP contribution in [0.1, 0.15) is 19.8 Å². The van der Waals surface area contributed by atoms with E-state index in [2.05, 4.69) is 5.32 Å². The van der Waals surface area contributed by atoms with E-state index in [9.17, 15) is 9.59 Å². The third-order valence-corrected chi connectivity index (χ3v) is 2.43. The van der Waals surface area contributed by atoms with Gasteiger partial charge in [0.05, 0.1) is 26.3 Å². The van der Waals surface area contributed by atoms with Crippen LogP contribution in [0, 0.1) is 0 Å². The second-order valence-corrected chi connectivity index (χ2v) is 3.68. The first-order valence-electron chi connectivity index (χ1n) is 5.64. The molecule has 1 aromatic rings. The standard InChI is InChI=1S/C13H17NO4/c1-4-9(15)7-13(16)14-11-8-10(17-2)5-6-12(11)18-3/h5-6,8H,4,7H2,1-3H3,(H,14,16). The zero-order valence-electron chi connectivity index (χ0n) is 10.8. The van der Waals surface area contributed by atoms with E-state index in [0.29, 0.717) is 23.6 Å². The molecule has 0 atom stereocenters. The van der Waals surface area contributed by atoms with Gasteiger partial charge in [-0.25, -0.2) is 0 Å². The smallest absolute Gasteiger partial charge is 0.231 e. The van der Waals surface area contributed by atoms with Crippen LogP contribution < -0.4 is 14.8 Å². The van der Waals surface area contributed by atoms with Crippen LogP contribution in [0.2, 0.25) is 0 Å². The highest BCUT2D eigenvalue weighted by atomic mass is 16.5. The highest BCUT2D eigenvalue weighted by Crippen LogP contribution is 2.28. The Morgan fingerprint density at radius 3 is 2.50 bits per heavy atom. The van der Waals surface area contributed by atoms with Crippen molar-refractivity contribution in [3.05, 3.63) is 18.2 Å². The highest BCUT2D eigenvalue weighted by Gasteiger charge is 2.11. The van der Waals surface area contributed by atoms with Crippen LogP contribution in [0.4, 0.5) is 5.69 Å². The number of anilines is 1. The van der Waals surface area contributed by atoms with E-state index >= 15 is 0 Å². The van der Waals surface area contributed by atoms with Gasteiger partial charge in [-0.05, 0) is 12.1 Å². The fourth-order valence-corrected chi connectivity index (χ4v) is 1.41. The number of carbonyl (C=O) groups excluding carboxylic acids is 2. The van der Waals surface area contributed by atoms with E-state index in [4.69, 9.17) is 9.47 Å². The summed E-state index contributed by atoms with van der Waals surface area (Å²) in [5, 5.41) is 2.64. The van der Waals surface area contributed by atoms with E-state index in [1.807, 2.05) is 0 Å². The average Bonchev–Trinajstić information content (AvgIpc) is 2.38. The summed E-state index contributed by atoms with van der Waals surface area (Å²) in [6, 6.07) is 5.06. The van der Waals surface area contributed by atoms with Crippen LogP contribution >= 0.6 is 0 Å². The predicted molar refractivity (Wildman–Crippen MR) is 68.1 cm³/mol. The first kappa shape index (κ1) is 14.0. The molecule has 98 valence electrons. The van der Waals surface area contributed by atoms with Crippen molar-refractivity contribution in [2.75, 3.05) is 19.5 Å². The Bertz CT molecular complexity index is 443.